The zero-order valence-electron chi connectivity index (χ0n) is 17.5. The molecule has 1 aliphatic carbocycles. The van der Waals surface area contributed by atoms with Crippen LogP contribution in [0.4, 0.5) is 17.6 Å². The fourth-order valence-corrected chi connectivity index (χ4v) is 5.36. The Morgan fingerprint density at radius 1 is 1.03 bits per heavy atom. The maximum atomic E-state index is 13.6. The van der Waals surface area contributed by atoms with Gasteiger partial charge in [0.25, 0.3) is 0 Å². The van der Waals surface area contributed by atoms with Crippen molar-refractivity contribution in [1.82, 2.24) is 10.3 Å². The predicted octanol–water partition coefficient (Wildman–Crippen LogP) is 5.78. The van der Waals surface area contributed by atoms with E-state index in [-0.39, 0.29) is 28.9 Å². The summed E-state index contributed by atoms with van der Waals surface area (Å²) in [5.41, 5.74) is 0.275. The minimum absolute atomic E-state index is 0.101. The lowest BCUT2D eigenvalue weighted by Crippen LogP contribution is -2.47. The van der Waals surface area contributed by atoms with Gasteiger partial charge in [0, 0.05) is 31.0 Å². The molecule has 1 spiro atoms. The maximum absolute atomic E-state index is 13.6. The van der Waals surface area contributed by atoms with E-state index in [1.807, 2.05) is 12.1 Å². The Labute approximate surface area is 180 Å². The van der Waals surface area contributed by atoms with E-state index in [1.54, 1.807) is 0 Å². The van der Waals surface area contributed by atoms with E-state index in [9.17, 15) is 17.6 Å². The lowest BCUT2D eigenvalue weighted by atomic mass is 9.66. The van der Waals surface area contributed by atoms with Crippen molar-refractivity contribution in [2.24, 2.45) is 0 Å². The van der Waals surface area contributed by atoms with Crippen LogP contribution in [0, 0.1) is 5.82 Å². The van der Waals surface area contributed by atoms with Gasteiger partial charge in [-0.15, -0.1) is 0 Å². The summed E-state index contributed by atoms with van der Waals surface area (Å²) >= 11 is 0. The summed E-state index contributed by atoms with van der Waals surface area (Å²) in [4.78, 5) is 3.85. The van der Waals surface area contributed by atoms with Gasteiger partial charge in [-0.3, -0.25) is 4.98 Å². The largest absolute Gasteiger partial charge is 0.416 e. The predicted molar refractivity (Wildman–Crippen MR) is 110 cm³/mol. The van der Waals surface area contributed by atoms with E-state index >= 15 is 0 Å². The molecule has 1 atom stereocenters. The van der Waals surface area contributed by atoms with Crippen LogP contribution in [0.5, 0.6) is 0 Å². The van der Waals surface area contributed by atoms with Crippen LogP contribution in [-0.2, 0) is 22.9 Å². The highest BCUT2D eigenvalue weighted by Gasteiger charge is 2.47. The van der Waals surface area contributed by atoms with Crippen molar-refractivity contribution < 1.29 is 22.3 Å². The summed E-state index contributed by atoms with van der Waals surface area (Å²) in [5.74, 6) is -0.268. The molecule has 0 amide bonds. The van der Waals surface area contributed by atoms with Crippen molar-refractivity contribution in [2.45, 2.75) is 68.7 Å². The molecule has 0 bridgehead atoms. The molecule has 1 aromatic heterocycles. The van der Waals surface area contributed by atoms with E-state index in [2.05, 4.69) is 10.3 Å². The average molecular weight is 436 g/mol. The average Bonchev–Trinajstić information content (AvgIpc) is 3.18. The summed E-state index contributed by atoms with van der Waals surface area (Å²) in [6.45, 7) is 1.31. The number of hydrogen-bond acceptors (Lipinski definition) is 3. The number of ether oxygens (including phenoxy) is 1. The van der Waals surface area contributed by atoms with Crippen LogP contribution in [-0.4, -0.2) is 23.7 Å². The van der Waals surface area contributed by atoms with E-state index in [0.29, 0.717) is 13.2 Å². The molecule has 1 aromatic carbocycles. The van der Waals surface area contributed by atoms with Crippen LogP contribution in [0.1, 0.15) is 61.6 Å². The molecule has 31 heavy (non-hydrogen) atoms. The number of alkyl halides is 3. The van der Waals surface area contributed by atoms with Gasteiger partial charge in [-0.2, -0.15) is 13.2 Å². The third-order valence-corrected chi connectivity index (χ3v) is 6.93. The van der Waals surface area contributed by atoms with Crippen LogP contribution in [0.3, 0.4) is 0 Å². The van der Waals surface area contributed by atoms with Gasteiger partial charge in [-0.25, -0.2) is 4.39 Å². The van der Waals surface area contributed by atoms with Gasteiger partial charge in [0.2, 0.25) is 0 Å². The molecule has 7 heteroatoms. The number of halogens is 4. The van der Waals surface area contributed by atoms with Crippen LogP contribution < -0.4 is 5.32 Å². The number of nitrogens with one attached hydrogen (secondary N) is 1. The highest BCUT2D eigenvalue weighted by molar-refractivity contribution is 5.29. The van der Waals surface area contributed by atoms with Gasteiger partial charge >= 0.3 is 6.18 Å². The van der Waals surface area contributed by atoms with Crippen molar-refractivity contribution in [3.05, 3.63) is 65.2 Å². The molecule has 1 N–H and O–H groups in total. The zero-order valence-corrected chi connectivity index (χ0v) is 17.5. The van der Waals surface area contributed by atoms with Gasteiger partial charge in [-0.05, 0) is 68.0 Å². The lowest BCUT2D eigenvalue weighted by Gasteiger charge is -2.47. The van der Waals surface area contributed by atoms with Crippen molar-refractivity contribution in [3.63, 3.8) is 0 Å². The standard InChI is InChI=1S/C24H28F4N2O/c25-20-5-3-19(4-6-20)22(11-14-31-23(17-22)8-1-2-9-23)10-13-30-16-18-15-29-12-7-21(18)24(26,27)28/h3-7,12,15,30H,1-2,8-11,13-14,16-17H2/t22-/m1/s1. The van der Waals surface area contributed by atoms with Gasteiger partial charge in [-0.1, -0.05) is 25.0 Å². The molecule has 0 radical (unpaired) electrons. The normalized spacial score (nSPS) is 23.4. The topological polar surface area (TPSA) is 34.2 Å². The molecular weight excluding hydrogens is 408 g/mol. The summed E-state index contributed by atoms with van der Waals surface area (Å²) in [7, 11) is 0. The van der Waals surface area contributed by atoms with Crippen LogP contribution >= 0.6 is 0 Å². The molecule has 168 valence electrons. The van der Waals surface area contributed by atoms with E-state index < -0.39 is 11.7 Å². The number of aromatic nitrogens is 1. The third-order valence-electron chi connectivity index (χ3n) is 6.93. The van der Waals surface area contributed by atoms with Crippen LogP contribution in [0.25, 0.3) is 0 Å². The Bertz CT molecular complexity index is 878. The maximum Gasteiger partial charge on any atom is 0.416 e. The molecule has 4 rings (SSSR count). The first-order valence-corrected chi connectivity index (χ1v) is 10.9. The highest BCUT2D eigenvalue weighted by Crippen LogP contribution is 2.50. The summed E-state index contributed by atoms with van der Waals surface area (Å²) in [5, 5.41) is 3.19. The number of nitrogens with zero attached hydrogens (tertiary/aromatic N) is 1. The third kappa shape index (κ3) is 4.93. The molecule has 1 saturated carbocycles. The van der Waals surface area contributed by atoms with Gasteiger partial charge in [0.05, 0.1) is 11.2 Å². The second-order valence-corrected chi connectivity index (χ2v) is 8.91. The van der Waals surface area contributed by atoms with Gasteiger partial charge in [0.15, 0.2) is 0 Å². The summed E-state index contributed by atoms with van der Waals surface area (Å²) in [6, 6.07) is 7.71. The number of pyridine rings is 1. The van der Waals surface area contributed by atoms with Crippen molar-refractivity contribution >= 4 is 0 Å². The Morgan fingerprint density at radius 3 is 2.48 bits per heavy atom. The summed E-state index contributed by atoms with van der Waals surface area (Å²) < 4.78 is 59.5. The number of rotatable bonds is 6. The highest BCUT2D eigenvalue weighted by atomic mass is 19.4. The Hall–Kier alpha value is -1.99. The van der Waals surface area contributed by atoms with Crippen molar-refractivity contribution in [3.8, 4) is 0 Å². The fraction of sp³-hybridized carbons (Fsp3) is 0.542. The quantitative estimate of drug-likeness (QED) is 0.460. The molecular formula is C24H28F4N2O. The van der Waals surface area contributed by atoms with Crippen molar-refractivity contribution in [1.29, 1.82) is 0 Å². The molecule has 1 saturated heterocycles. The molecule has 2 aromatic rings. The monoisotopic (exact) mass is 436 g/mol. The Kier molecular flexibility index (Phi) is 6.35. The fourth-order valence-electron chi connectivity index (χ4n) is 5.36. The molecule has 1 aliphatic heterocycles. The molecule has 2 fully saturated rings. The Morgan fingerprint density at radius 2 is 1.77 bits per heavy atom. The van der Waals surface area contributed by atoms with Crippen LogP contribution in [0.15, 0.2) is 42.7 Å². The molecule has 0 unspecified atom stereocenters. The first-order valence-electron chi connectivity index (χ1n) is 10.9. The van der Waals surface area contributed by atoms with Gasteiger partial charge < -0.3 is 10.1 Å². The first kappa shape index (κ1) is 22.2. The van der Waals surface area contributed by atoms with Crippen molar-refractivity contribution in [2.75, 3.05) is 13.2 Å². The molecule has 3 nitrogen and oxygen atoms in total. The lowest BCUT2D eigenvalue weighted by molar-refractivity contribution is -0.138. The van der Waals surface area contributed by atoms with E-state index in [1.165, 1.54) is 24.5 Å². The first-order chi connectivity index (χ1) is 14.8. The van der Waals surface area contributed by atoms with Gasteiger partial charge in [0.1, 0.15) is 5.82 Å². The zero-order chi connectivity index (χ0) is 22.0. The minimum Gasteiger partial charge on any atom is -0.375 e. The molecule has 2 aliphatic rings. The van der Waals surface area contributed by atoms with E-state index in [0.717, 1.165) is 56.6 Å². The number of benzene rings is 1. The minimum atomic E-state index is -4.40. The van der Waals surface area contributed by atoms with Crippen LogP contribution in [0.2, 0.25) is 0 Å². The Balaban J connectivity index is 1.48. The second-order valence-electron chi connectivity index (χ2n) is 8.91. The number of hydrogen-bond donors (Lipinski definition) is 1. The van der Waals surface area contributed by atoms with E-state index in [4.69, 9.17) is 4.74 Å². The smallest absolute Gasteiger partial charge is 0.375 e. The SMILES string of the molecule is Fc1ccc([C@]2(CCNCc3cnccc3C(F)(F)F)CCOC3(CCCC3)C2)cc1. The molecule has 2 heterocycles. The second kappa shape index (κ2) is 8.87. The summed E-state index contributed by atoms with van der Waals surface area (Å²) in [6.07, 6.45) is 4.86.